The summed E-state index contributed by atoms with van der Waals surface area (Å²) >= 11 is 0. The maximum absolute atomic E-state index is 4.51. The standard InChI is InChI=1S/C14H12N4/c1-2-7-16-13(3-1)14-6-10-18(17-14)11-12-4-8-15-9-5-12/h1-10H,11H2. The molecule has 0 spiro atoms. The van der Waals surface area contributed by atoms with Gasteiger partial charge in [0, 0.05) is 24.8 Å². The molecule has 88 valence electrons. The van der Waals surface area contributed by atoms with Crippen molar-refractivity contribution in [2.45, 2.75) is 6.54 Å². The van der Waals surface area contributed by atoms with Crippen LogP contribution in [0.2, 0.25) is 0 Å². The van der Waals surface area contributed by atoms with Crippen LogP contribution >= 0.6 is 0 Å². The van der Waals surface area contributed by atoms with Crippen LogP contribution in [0.1, 0.15) is 5.56 Å². The predicted molar refractivity (Wildman–Crippen MR) is 68.8 cm³/mol. The Morgan fingerprint density at radius 3 is 2.56 bits per heavy atom. The molecule has 0 fully saturated rings. The van der Waals surface area contributed by atoms with Gasteiger partial charge < -0.3 is 0 Å². The van der Waals surface area contributed by atoms with Crippen molar-refractivity contribution < 1.29 is 0 Å². The van der Waals surface area contributed by atoms with E-state index in [1.165, 1.54) is 5.56 Å². The largest absolute Gasteiger partial charge is 0.268 e. The third-order valence-corrected chi connectivity index (χ3v) is 2.66. The van der Waals surface area contributed by atoms with Crippen LogP contribution in [-0.2, 0) is 6.54 Å². The fourth-order valence-electron chi connectivity index (χ4n) is 1.78. The van der Waals surface area contributed by atoms with E-state index < -0.39 is 0 Å². The van der Waals surface area contributed by atoms with E-state index in [9.17, 15) is 0 Å². The minimum Gasteiger partial charge on any atom is -0.268 e. The molecule has 3 heterocycles. The van der Waals surface area contributed by atoms with E-state index in [0.29, 0.717) is 0 Å². The zero-order valence-electron chi connectivity index (χ0n) is 9.77. The summed E-state index contributed by atoms with van der Waals surface area (Å²) in [6, 6.07) is 11.8. The van der Waals surface area contributed by atoms with Gasteiger partial charge in [-0.15, -0.1) is 0 Å². The summed E-state index contributed by atoms with van der Waals surface area (Å²) in [7, 11) is 0. The van der Waals surface area contributed by atoms with Crippen LogP contribution in [-0.4, -0.2) is 19.7 Å². The van der Waals surface area contributed by atoms with Crippen LogP contribution in [0.15, 0.2) is 61.2 Å². The molecule has 0 aromatic carbocycles. The van der Waals surface area contributed by atoms with Gasteiger partial charge in [-0.2, -0.15) is 5.10 Å². The maximum atomic E-state index is 4.51. The summed E-state index contributed by atoms with van der Waals surface area (Å²) in [6.07, 6.45) is 7.32. The fraction of sp³-hybridized carbons (Fsp3) is 0.0714. The Morgan fingerprint density at radius 2 is 1.78 bits per heavy atom. The van der Waals surface area contributed by atoms with Gasteiger partial charge in [0.25, 0.3) is 0 Å². The van der Waals surface area contributed by atoms with Crippen molar-refractivity contribution in [3.8, 4) is 11.4 Å². The van der Waals surface area contributed by atoms with Gasteiger partial charge in [-0.05, 0) is 35.9 Å². The molecule has 4 heteroatoms. The van der Waals surface area contributed by atoms with Crippen LogP contribution in [0, 0.1) is 0 Å². The molecule has 0 bridgehead atoms. The highest BCUT2D eigenvalue weighted by molar-refractivity contribution is 5.52. The van der Waals surface area contributed by atoms with Crippen LogP contribution in [0.25, 0.3) is 11.4 Å². The highest BCUT2D eigenvalue weighted by Crippen LogP contribution is 2.13. The number of aromatic nitrogens is 4. The quantitative estimate of drug-likeness (QED) is 0.701. The molecule has 0 atom stereocenters. The minimum atomic E-state index is 0.745. The third-order valence-electron chi connectivity index (χ3n) is 2.66. The van der Waals surface area contributed by atoms with Crippen molar-refractivity contribution in [2.24, 2.45) is 0 Å². The van der Waals surface area contributed by atoms with Gasteiger partial charge in [-0.25, -0.2) is 0 Å². The maximum Gasteiger partial charge on any atom is 0.111 e. The van der Waals surface area contributed by atoms with Crippen LogP contribution in [0.4, 0.5) is 0 Å². The van der Waals surface area contributed by atoms with E-state index in [4.69, 9.17) is 0 Å². The summed E-state index contributed by atoms with van der Waals surface area (Å²) in [4.78, 5) is 8.28. The van der Waals surface area contributed by atoms with Crippen LogP contribution in [0.5, 0.6) is 0 Å². The second-order valence-electron chi connectivity index (χ2n) is 3.97. The average Bonchev–Trinajstić information content (AvgIpc) is 2.89. The first-order valence-corrected chi connectivity index (χ1v) is 5.75. The molecule has 18 heavy (non-hydrogen) atoms. The second-order valence-corrected chi connectivity index (χ2v) is 3.97. The molecule has 3 aromatic rings. The fourth-order valence-corrected chi connectivity index (χ4v) is 1.78. The Morgan fingerprint density at radius 1 is 0.889 bits per heavy atom. The van der Waals surface area contributed by atoms with E-state index in [0.717, 1.165) is 17.9 Å². The molecule has 0 aliphatic heterocycles. The van der Waals surface area contributed by atoms with E-state index >= 15 is 0 Å². The lowest BCUT2D eigenvalue weighted by Gasteiger charge is -2.00. The number of pyridine rings is 2. The predicted octanol–water partition coefficient (Wildman–Crippen LogP) is 2.39. The molecular weight excluding hydrogens is 224 g/mol. The van der Waals surface area contributed by atoms with Crippen molar-refractivity contribution >= 4 is 0 Å². The van der Waals surface area contributed by atoms with Gasteiger partial charge in [-0.3, -0.25) is 14.6 Å². The molecule has 4 nitrogen and oxygen atoms in total. The summed E-state index contributed by atoms with van der Waals surface area (Å²) in [6.45, 7) is 0.745. The van der Waals surface area contributed by atoms with Gasteiger partial charge >= 0.3 is 0 Å². The van der Waals surface area contributed by atoms with Gasteiger partial charge in [0.05, 0.1) is 12.2 Å². The molecule has 0 aliphatic carbocycles. The molecule has 3 aromatic heterocycles. The van der Waals surface area contributed by atoms with E-state index in [1.807, 2.05) is 47.3 Å². The Kier molecular flexibility index (Phi) is 2.84. The first-order valence-electron chi connectivity index (χ1n) is 5.75. The Hall–Kier alpha value is -2.49. The van der Waals surface area contributed by atoms with Gasteiger partial charge in [0.2, 0.25) is 0 Å². The molecule has 0 radical (unpaired) electrons. The molecule has 0 N–H and O–H groups in total. The number of hydrogen-bond donors (Lipinski definition) is 0. The lowest BCUT2D eigenvalue weighted by Crippen LogP contribution is -2.00. The van der Waals surface area contributed by atoms with Crippen LogP contribution < -0.4 is 0 Å². The monoisotopic (exact) mass is 236 g/mol. The highest BCUT2D eigenvalue weighted by atomic mass is 15.3. The first-order chi connectivity index (χ1) is 8.92. The van der Waals surface area contributed by atoms with E-state index in [1.54, 1.807) is 18.6 Å². The van der Waals surface area contributed by atoms with Crippen molar-refractivity contribution in [3.05, 3.63) is 66.7 Å². The van der Waals surface area contributed by atoms with E-state index in [2.05, 4.69) is 15.1 Å². The van der Waals surface area contributed by atoms with Crippen LogP contribution in [0.3, 0.4) is 0 Å². The molecule has 0 aliphatic rings. The highest BCUT2D eigenvalue weighted by Gasteiger charge is 2.03. The zero-order chi connectivity index (χ0) is 12.2. The summed E-state index contributed by atoms with van der Waals surface area (Å²) in [5, 5.41) is 4.51. The second kappa shape index (κ2) is 4.79. The molecule has 0 amide bonds. The number of hydrogen-bond acceptors (Lipinski definition) is 3. The first kappa shape index (κ1) is 10.7. The lowest BCUT2D eigenvalue weighted by molar-refractivity contribution is 0.688. The SMILES string of the molecule is c1ccc(-c2ccn(Cc3ccncc3)n2)nc1. The van der Waals surface area contributed by atoms with Crippen molar-refractivity contribution in [3.63, 3.8) is 0 Å². The van der Waals surface area contributed by atoms with E-state index in [-0.39, 0.29) is 0 Å². The number of rotatable bonds is 3. The lowest BCUT2D eigenvalue weighted by atomic mass is 10.3. The van der Waals surface area contributed by atoms with Gasteiger partial charge in [-0.1, -0.05) is 6.07 Å². The summed E-state index contributed by atoms with van der Waals surface area (Å²) < 4.78 is 1.90. The zero-order valence-corrected chi connectivity index (χ0v) is 9.77. The molecule has 0 unspecified atom stereocenters. The minimum absolute atomic E-state index is 0.745. The van der Waals surface area contributed by atoms with Gasteiger partial charge in [0.1, 0.15) is 5.69 Å². The van der Waals surface area contributed by atoms with Crippen molar-refractivity contribution in [1.29, 1.82) is 0 Å². The molecule has 0 saturated heterocycles. The molecular formula is C14H12N4. The number of nitrogens with zero attached hydrogens (tertiary/aromatic N) is 4. The molecule has 0 saturated carbocycles. The third kappa shape index (κ3) is 2.27. The summed E-state index contributed by atoms with van der Waals surface area (Å²) in [5.41, 5.74) is 2.97. The topological polar surface area (TPSA) is 43.6 Å². The van der Waals surface area contributed by atoms with Crippen molar-refractivity contribution in [2.75, 3.05) is 0 Å². The molecule has 3 rings (SSSR count). The van der Waals surface area contributed by atoms with Crippen molar-refractivity contribution in [1.82, 2.24) is 19.7 Å². The Balaban J connectivity index is 1.82. The normalized spacial score (nSPS) is 10.4. The smallest absolute Gasteiger partial charge is 0.111 e. The summed E-state index contributed by atoms with van der Waals surface area (Å²) in [5.74, 6) is 0. The Labute approximate surface area is 105 Å². The average molecular weight is 236 g/mol. The van der Waals surface area contributed by atoms with Gasteiger partial charge in [0.15, 0.2) is 0 Å². The Bertz CT molecular complexity index is 617.